The van der Waals surface area contributed by atoms with Crippen LogP contribution in [-0.4, -0.2) is 221 Å². The Kier molecular flexibility index (Phi) is 11.8. The highest BCUT2D eigenvalue weighted by Crippen LogP contribution is 2.41. The van der Waals surface area contributed by atoms with E-state index in [4.69, 9.17) is 33.2 Å². The van der Waals surface area contributed by atoms with E-state index in [0.29, 0.717) is 0 Å². The third kappa shape index (κ3) is 6.49. The number of aliphatic hydroxyl groups excluding tert-OH is 14. The van der Waals surface area contributed by atoms with Crippen LogP contribution in [0.1, 0.15) is 0 Å². The summed E-state index contributed by atoms with van der Waals surface area (Å²) in [6.07, 6.45) is -25.6. The number of rotatable bonds is 13. The molecule has 0 amide bonds. The van der Waals surface area contributed by atoms with Crippen LogP contribution in [0.3, 0.4) is 0 Å². The molecular formula is C24H42O21. The lowest BCUT2D eigenvalue weighted by Gasteiger charge is -2.44. The van der Waals surface area contributed by atoms with Crippen molar-refractivity contribution in [2.75, 3.05) is 46.2 Å². The van der Waals surface area contributed by atoms with Gasteiger partial charge in [0.05, 0.1) is 26.4 Å². The minimum atomic E-state index is -2.67. The lowest BCUT2D eigenvalue weighted by molar-refractivity contribution is -0.404. The molecule has 5 unspecified atom stereocenters. The van der Waals surface area contributed by atoms with Gasteiger partial charge < -0.3 is 105 Å². The number of hydrogen-bond donors (Lipinski definition) is 14. The first-order valence-corrected chi connectivity index (χ1v) is 14.0. The summed E-state index contributed by atoms with van der Waals surface area (Å²) in [7, 11) is 0. The van der Waals surface area contributed by atoms with Gasteiger partial charge in [-0.1, -0.05) is 0 Å². The summed E-state index contributed by atoms with van der Waals surface area (Å²) < 4.78 is 38.7. The number of hydrogen-bond acceptors (Lipinski definition) is 21. The van der Waals surface area contributed by atoms with Crippen LogP contribution in [-0.2, 0) is 33.2 Å². The Morgan fingerprint density at radius 3 is 1.31 bits per heavy atom. The van der Waals surface area contributed by atoms with Crippen molar-refractivity contribution in [1.82, 2.24) is 0 Å². The zero-order valence-corrected chi connectivity index (χ0v) is 23.7. The molecule has 4 fully saturated rings. The molecule has 0 aliphatic carbocycles. The summed E-state index contributed by atoms with van der Waals surface area (Å²) in [6.45, 7) is -6.84. The van der Waals surface area contributed by atoms with Gasteiger partial charge in [0.25, 0.3) is 0 Å². The van der Waals surface area contributed by atoms with E-state index < -0.39 is 149 Å². The standard InChI is InChI=1S/C24H42O21/c25-1-8-12(30)16(34)17(35)21(41-8)45-24(20(38)15(33)11(4-28)44-24)7-40-23(19(37)14(32)10(3-27)43-23)6-39-22(5-29)18(36)13(31)9(2-26)42-22/h8-21,25-38H,1-7H2/t8?,9-,10-,11-,12-,13+,14+,15+,16+,17?,18?,19?,20?,21-,22-,23-,24+/m1/s1. The van der Waals surface area contributed by atoms with E-state index in [1.54, 1.807) is 0 Å². The molecule has 4 aliphatic rings. The average molecular weight is 667 g/mol. The van der Waals surface area contributed by atoms with Crippen LogP contribution in [0.25, 0.3) is 0 Å². The molecule has 0 aromatic rings. The first-order chi connectivity index (χ1) is 21.2. The van der Waals surface area contributed by atoms with E-state index in [1.165, 1.54) is 0 Å². The molecule has 0 radical (unpaired) electrons. The third-order valence-corrected chi connectivity index (χ3v) is 8.48. The molecule has 4 rings (SSSR count). The van der Waals surface area contributed by atoms with Crippen molar-refractivity contribution in [3.05, 3.63) is 0 Å². The fraction of sp³-hybridized carbons (Fsp3) is 1.00. The van der Waals surface area contributed by atoms with Crippen molar-refractivity contribution in [2.24, 2.45) is 0 Å². The monoisotopic (exact) mass is 666 g/mol. The molecule has 4 heterocycles. The van der Waals surface area contributed by atoms with Crippen molar-refractivity contribution in [3.63, 3.8) is 0 Å². The fourth-order valence-electron chi connectivity index (χ4n) is 5.65. The van der Waals surface area contributed by atoms with Crippen molar-refractivity contribution in [2.45, 2.75) is 103 Å². The third-order valence-electron chi connectivity index (χ3n) is 8.48. The highest BCUT2D eigenvalue weighted by molar-refractivity contribution is 5.03. The lowest BCUT2D eigenvalue weighted by Crippen LogP contribution is -2.63. The fourth-order valence-corrected chi connectivity index (χ4v) is 5.65. The van der Waals surface area contributed by atoms with Gasteiger partial charge in [-0.2, -0.15) is 0 Å². The smallest absolute Gasteiger partial charge is 0.224 e. The van der Waals surface area contributed by atoms with Gasteiger partial charge >= 0.3 is 0 Å². The number of ether oxygens (including phenoxy) is 7. The Morgan fingerprint density at radius 1 is 0.444 bits per heavy atom. The van der Waals surface area contributed by atoms with Gasteiger partial charge in [0.2, 0.25) is 17.4 Å². The van der Waals surface area contributed by atoms with Crippen LogP contribution in [0.15, 0.2) is 0 Å². The second-order valence-electron chi connectivity index (χ2n) is 11.3. The first-order valence-electron chi connectivity index (χ1n) is 14.0. The van der Waals surface area contributed by atoms with Gasteiger partial charge in [-0.25, -0.2) is 0 Å². The van der Waals surface area contributed by atoms with E-state index in [9.17, 15) is 71.5 Å². The molecular weight excluding hydrogens is 624 g/mol. The van der Waals surface area contributed by atoms with Crippen LogP contribution in [0.5, 0.6) is 0 Å². The Balaban J connectivity index is 1.65. The van der Waals surface area contributed by atoms with Crippen molar-refractivity contribution < 1.29 is 105 Å². The summed E-state index contributed by atoms with van der Waals surface area (Å²) in [4.78, 5) is 0. The van der Waals surface area contributed by atoms with Crippen LogP contribution in [0.2, 0.25) is 0 Å². The summed E-state index contributed by atoms with van der Waals surface area (Å²) in [5.41, 5.74) is 0. The Hall–Kier alpha value is -0.840. The van der Waals surface area contributed by atoms with Gasteiger partial charge in [0, 0.05) is 0 Å². The highest BCUT2D eigenvalue weighted by Gasteiger charge is 2.64. The second kappa shape index (κ2) is 14.3. The van der Waals surface area contributed by atoms with E-state index in [0.717, 1.165) is 0 Å². The Labute approximate surface area is 254 Å². The van der Waals surface area contributed by atoms with Gasteiger partial charge in [0.1, 0.15) is 99.2 Å². The van der Waals surface area contributed by atoms with E-state index in [2.05, 4.69) is 0 Å². The second-order valence-corrected chi connectivity index (χ2v) is 11.3. The quantitative estimate of drug-likeness (QED) is 0.0867. The summed E-state index contributed by atoms with van der Waals surface area (Å²) in [5, 5.41) is 143. The molecule has 21 nitrogen and oxygen atoms in total. The van der Waals surface area contributed by atoms with Crippen molar-refractivity contribution in [1.29, 1.82) is 0 Å². The predicted molar refractivity (Wildman–Crippen MR) is 134 cm³/mol. The van der Waals surface area contributed by atoms with E-state index in [1.807, 2.05) is 0 Å². The van der Waals surface area contributed by atoms with Crippen LogP contribution < -0.4 is 0 Å². The van der Waals surface area contributed by atoms with Gasteiger partial charge in [-0.05, 0) is 0 Å². The molecule has 0 aromatic carbocycles. The summed E-state index contributed by atoms with van der Waals surface area (Å²) in [6, 6.07) is 0. The number of aliphatic hydroxyl groups is 14. The summed E-state index contributed by atoms with van der Waals surface area (Å²) >= 11 is 0. The zero-order chi connectivity index (χ0) is 33.5. The Morgan fingerprint density at radius 2 is 0.844 bits per heavy atom. The maximum Gasteiger partial charge on any atom is 0.224 e. The Bertz CT molecular complexity index is 962. The van der Waals surface area contributed by atoms with E-state index in [-0.39, 0.29) is 0 Å². The molecule has 0 bridgehead atoms. The molecule has 264 valence electrons. The lowest BCUT2D eigenvalue weighted by atomic mass is 9.99. The molecule has 45 heavy (non-hydrogen) atoms. The molecule has 4 saturated heterocycles. The topological polar surface area (TPSA) is 348 Å². The molecule has 0 spiro atoms. The average Bonchev–Trinajstić information content (AvgIpc) is 3.55. The van der Waals surface area contributed by atoms with Crippen LogP contribution >= 0.6 is 0 Å². The summed E-state index contributed by atoms with van der Waals surface area (Å²) in [5.74, 6) is -7.73. The largest absolute Gasteiger partial charge is 0.394 e. The minimum Gasteiger partial charge on any atom is -0.394 e. The molecule has 4 aliphatic heterocycles. The normalized spacial score (nSPS) is 52.1. The maximum absolute atomic E-state index is 11.0. The SMILES string of the molecule is OCC1O[C@H](O[C@]2(CO[C@]3(CO[C@]4(CO)O[C@H](CO)[C@H](O)C4O)O[C@H](CO)[C@H](O)C3O)O[C@H](CO)[C@H](O)C2O)C(O)[C@@H](O)[C@@H]1O. The molecule has 21 heteroatoms. The van der Waals surface area contributed by atoms with Crippen molar-refractivity contribution >= 4 is 0 Å². The maximum atomic E-state index is 11.0. The zero-order valence-electron chi connectivity index (χ0n) is 23.7. The minimum absolute atomic E-state index is 0.809. The van der Waals surface area contributed by atoms with E-state index >= 15 is 0 Å². The molecule has 17 atom stereocenters. The van der Waals surface area contributed by atoms with Gasteiger partial charge in [0.15, 0.2) is 6.29 Å². The first kappa shape index (κ1) is 37.0. The van der Waals surface area contributed by atoms with Crippen molar-refractivity contribution in [3.8, 4) is 0 Å². The van der Waals surface area contributed by atoms with Gasteiger partial charge in [-0.3, -0.25) is 0 Å². The van der Waals surface area contributed by atoms with Crippen LogP contribution in [0.4, 0.5) is 0 Å². The highest BCUT2D eigenvalue weighted by atomic mass is 16.8. The molecule has 14 N–H and O–H groups in total. The van der Waals surface area contributed by atoms with Crippen LogP contribution in [0, 0.1) is 0 Å². The molecule has 0 saturated carbocycles. The van der Waals surface area contributed by atoms with Gasteiger partial charge in [-0.15, -0.1) is 0 Å². The predicted octanol–water partition coefficient (Wildman–Crippen LogP) is -9.74. The molecule has 0 aromatic heterocycles.